The highest BCUT2D eigenvalue weighted by molar-refractivity contribution is 6.30. The van der Waals surface area contributed by atoms with Crippen LogP contribution in [0.2, 0.25) is 5.02 Å². The Labute approximate surface area is 211 Å². The van der Waals surface area contributed by atoms with Crippen LogP contribution in [0.4, 0.5) is 4.39 Å². The number of aryl methyl sites for hydroxylation is 2. The van der Waals surface area contributed by atoms with Crippen molar-refractivity contribution in [2.24, 2.45) is 0 Å². The topological polar surface area (TPSA) is 84.7 Å². The van der Waals surface area contributed by atoms with Crippen LogP contribution in [-0.2, 0) is 22.7 Å². The molecule has 7 nitrogen and oxygen atoms in total. The van der Waals surface area contributed by atoms with Gasteiger partial charge in [-0.25, -0.2) is 9.18 Å². The lowest BCUT2D eigenvalue weighted by atomic mass is 9.97. The van der Waals surface area contributed by atoms with Gasteiger partial charge in [0.1, 0.15) is 17.1 Å². The van der Waals surface area contributed by atoms with Crippen LogP contribution in [0.15, 0.2) is 60.7 Å². The van der Waals surface area contributed by atoms with Crippen molar-refractivity contribution >= 4 is 34.4 Å². The predicted octanol–water partition coefficient (Wildman–Crippen LogP) is 5.12. The number of aromatic nitrogens is 2. The highest BCUT2D eigenvalue weighted by Gasteiger charge is 2.36. The third kappa shape index (κ3) is 4.40. The Morgan fingerprint density at radius 3 is 2.75 bits per heavy atom. The first-order valence-electron chi connectivity index (χ1n) is 11.5. The second kappa shape index (κ2) is 9.62. The van der Waals surface area contributed by atoms with Gasteiger partial charge in [0.25, 0.3) is 0 Å². The molecule has 0 aliphatic carbocycles. The minimum atomic E-state index is -1.11. The molecule has 1 aliphatic rings. The third-order valence-corrected chi connectivity index (χ3v) is 6.62. The van der Waals surface area contributed by atoms with Crippen molar-refractivity contribution in [1.82, 2.24) is 14.7 Å². The van der Waals surface area contributed by atoms with E-state index in [1.54, 1.807) is 29.2 Å². The van der Waals surface area contributed by atoms with E-state index >= 15 is 0 Å². The first kappa shape index (κ1) is 23.8. The quantitative estimate of drug-likeness (QED) is 0.375. The number of rotatable bonds is 7. The molecule has 1 atom stereocenters. The summed E-state index contributed by atoms with van der Waals surface area (Å²) in [4.78, 5) is 26.4. The Bertz CT molecular complexity index is 1490. The van der Waals surface area contributed by atoms with Crippen LogP contribution >= 0.6 is 11.6 Å². The minimum absolute atomic E-state index is 0.0981. The van der Waals surface area contributed by atoms with E-state index in [9.17, 15) is 14.0 Å². The molecule has 4 aromatic rings. The van der Waals surface area contributed by atoms with E-state index in [1.807, 2.05) is 37.3 Å². The van der Waals surface area contributed by atoms with Crippen molar-refractivity contribution in [1.29, 1.82) is 0 Å². The smallest absolute Gasteiger partial charge is 0.341 e. The summed E-state index contributed by atoms with van der Waals surface area (Å²) in [5.41, 5.74) is 3.57. The molecule has 3 aromatic carbocycles. The van der Waals surface area contributed by atoms with E-state index in [2.05, 4.69) is 5.10 Å². The summed E-state index contributed by atoms with van der Waals surface area (Å²) in [5.74, 6) is -1.30. The van der Waals surface area contributed by atoms with Gasteiger partial charge >= 0.3 is 5.97 Å². The molecule has 36 heavy (non-hydrogen) atoms. The van der Waals surface area contributed by atoms with E-state index in [0.717, 1.165) is 11.1 Å². The lowest BCUT2D eigenvalue weighted by Crippen LogP contribution is -2.31. The van der Waals surface area contributed by atoms with Crippen LogP contribution in [0.1, 0.15) is 34.8 Å². The number of ether oxygens (including phenoxy) is 1. The summed E-state index contributed by atoms with van der Waals surface area (Å²) in [6, 6.07) is 17.0. The van der Waals surface area contributed by atoms with Crippen molar-refractivity contribution in [3.63, 3.8) is 0 Å². The van der Waals surface area contributed by atoms with Crippen LogP contribution in [0.5, 0.6) is 5.75 Å². The number of benzene rings is 3. The summed E-state index contributed by atoms with van der Waals surface area (Å²) >= 11 is 6.30. The fourth-order valence-electron chi connectivity index (χ4n) is 4.82. The highest BCUT2D eigenvalue weighted by atomic mass is 35.5. The normalized spacial score (nSPS) is 14.8. The molecular formula is C27H23ClFN3O4. The summed E-state index contributed by atoms with van der Waals surface area (Å²) in [7, 11) is 0. The van der Waals surface area contributed by atoms with E-state index in [1.165, 1.54) is 10.7 Å². The Kier molecular flexibility index (Phi) is 6.36. The molecule has 1 N–H and O–H groups in total. The number of carbonyl (C=O) groups excluding carboxylic acids is 1. The zero-order valence-electron chi connectivity index (χ0n) is 19.4. The van der Waals surface area contributed by atoms with Gasteiger partial charge in [0.05, 0.1) is 18.3 Å². The van der Waals surface area contributed by atoms with E-state index in [-0.39, 0.29) is 24.7 Å². The molecule has 0 saturated heterocycles. The molecule has 1 unspecified atom stereocenters. The number of halogens is 2. The van der Waals surface area contributed by atoms with Gasteiger partial charge in [-0.3, -0.25) is 9.48 Å². The number of fused-ring (bicyclic) bond motifs is 2. The molecule has 1 aromatic heterocycles. The Morgan fingerprint density at radius 1 is 1.14 bits per heavy atom. The van der Waals surface area contributed by atoms with Crippen molar-refractivity contribution < 1.29 is 23.8 Å². The average molecular weight is 508 g/mol. The van der Waals surface area contributed by atoms with Crippen LogP contribution in [0.25, 0.3) is 10.9 Å². The van der Waals surface area contributed by atoms with Gasteiger partial charge in [-0.1, -0.05) is 48.0 Å². The fraction of sp³-hybridized carbons (Fsp3) is 0.222. The maximum absolute atomic E-state index is 14.5. The number of carbonyl (C=O) groups is 2. The summed E-state index contributed by atoms with van der Waals surface area (Å²) < 4.78 is 21.6. The van der Waals surface area contributed by atoms with E-state index in [4.69, 9.17) is 21.4 Å². The maximum Gasteiger partial charge on any atom is 0.341 e. The predicted molar refractivity (Wildman–Crippen MR) is 132 cm³/mol. The van der Waals surface area contributed by atoms with Gasteiger partial charge in [-0.15, -0.1) is 0 Å². The van der Waals surface area contributed by atoms with Crippen LogP contribution in [-0.4, -0.2) is 38.3 Å². The van der Waals surface area contributed by atoms with Gasteiger partial charge in [0.15, 0.2) is 6.61 Å². The van der Waals surface area contributed by atoms with Crippen LogP contribution in [0.3, 0.4) is 0 Å². The second-order valence-corrected chi connectivity index (χ2v) is 9.12. The highest BCUT2D eigenvalue weighted by Crippen LogP contribution is 2.43. The van der Waals surface area contributed by atoms with Crippen molar-refractivity contribution in [3.8, 4) is 5.75 Å². The number of aliphatic carboxylic acids is 1. The number of amides is 1. The maximum atomic E-state index is 14.5. The average Bonchev–Trinajstić information content (AvgIpc) is 3.40. The standard InChI is InChI=1S/C27H23ClFN3O4/c1-16-19-7-4-8-22(29)27(19)32(30-16)12-11-24(33)31-14-17-5-2-3-6-20(17)26(31)21-13-18(28)9-10-23(21)36-15-25(34)35/h2-10,13,26H,11-12,14-15H2,1H3,(H,34,35). The van der Waals surface area contributed by atoms with Crippen LogP contribution in [0, 0.1) is 12.7 Å². The molecule has 0 radical (unpaired) electrons. The molecule has 1 amide bonds. The largest absolute Gasteiger partial charge is 0.482 e. The van der Waals surface area contributed by atoms with Crippen molar-refractivity contribution in [2.45, 2.75) is 32.5 Å². The summed E-state index contributed by atoms with van der Waals surface area (Å²) in [5, 5.41) is 14.7. The first-order chi connectivity index (χ1) is 17.3. The zero-order valence-corrected chi connectivity index (χ0v) is 20.2. The summed E-state index contributed by atoms with van der Waals surface area (Å²) in [6.45, 7) is 1.87. The zero-order chi connectivity index (χ0) is 25.4. The molecule has 0 bridgehead atoms. The summed E-state index contributed by atoms with van der Waals surface area (Å²) in [6.07, 6.45) is 0.0981. The molecule has 0 spiro atoms. The lowest BCUT2D eigenvalue weighted by molar-refractivity contribution is -0.139. The molecule has 184 valence electrons. The molecular weight excluding hydrogens is 485 g/mol. The number of carboxylic acids is 1. The van der Waals surface area contributed by atoms with Crippen LogP contribution < -0.4 is 4.74 Å². The van der Waals surface area contributed by atoms with Gasteiger partial charge in [-0.2, -0.15) is 5.10 Å². The lowest BCUT2D eigenvalue weighted by Gasteiger charge is -2.27. The molecule has 5 rings (SSSR count). The van der Waals surface area contributed by atoms with Crippen molar-refractivity contribution in [3.05, 3.63) is 93.9 Å². The number of carboxylic acid groups (broad SMARTS) is 1. The van der Waals surface area contributed by atoms with Gasteiger partial charge in [-0.05, 0) is 42.3 Å². The first-order valence-corrected chi connectivity index (χ1v) is 11.8. The molecule has 0 saturated carbocycles. The molecule has 9 heteroatoms. The number of para-hydroxylation sites is 1. The molecule has 2 heterocycles. The number of hydrogen-bond donors (Lipinski definition) is 1. The Morgan fingerprint density at radius 2 is 1.94 bits per heavy atom. The monoisotopic (exact) mass is 507 g/mol. The molecule has 1 aliphatic heterocycles. The third-order valence-electron chi connectivity index (χ3n) is 6.38. The van der Waals surface area contributed by atoms with Gasteiger partial charge in [0.2, 0.25) is 5.91 Å². The number of nitrogens with zero attached hydrogens (tertiary/aromatic N) is 3. The Hall–Kier alpha value is -3.91. The Balaban J connectivity index is 1.47. The van der Waals surface area contributed by atoms with Crippen molar-refractivity contribution in [2.75, 3.05) is 6.61 Å². The molecule has 0 fully saturated rings. The number of hydrogen-bond acceptors (Lipinski definition) is 4. The SMILES string of the molecule is Cc1nn(CCC(=O)N2Cc3ccccc3C2c2cc(Cl)ccc2OCC(=O)O)c2c(F)cccc12. The van der Waals surface area contributed by atoms with Gasteiger partial charge in [0, 0.05) is 28.9 Å². The fourth-order valence-corrected chi connectivity index (χ4v) is 5.00. The van der Waals surface area contributed by atoms with E-state index < -0.39 is 18.6 Å². The minimum Gasteiger partial charge on any atom is -0.482 e. The second-order valence-electron chi connectivity index (χ2n) is 8.68. The van der Waals surface area contributed by atoms with E-state index in [0.29, 0.717) is 39.5 Å². The van der Waals surface area contributed by atoms with Gasteiger partial charge < -0.3 is 14.7 Å².